The molecule has 10 heteroatoms. The molecule has 24 heavy (non-hydrogen) atoms. The molecule has 1 N–H and O–H groups in total. The number of hydrogen-bond donors (Lipinski definition) is 1. The van der Waals surface area contributed by atoms with Crippen LogP contribution in [-0.4, -0.2) is 65.1 Å². The fraction of sp³-hybridized carbons (Fsp3) is 0.500. The highest BCUT2D eigenvalue weighted by atomic mass is 32.2. The molecule has 1 aliphatic heterocycles. The summed E-state index contributed by atoms with van der Waals surface area (Å²) in [5.41, 5.74) is 1.49. The van der Waals surface area contributed by atoms with Crippen molar-refractivity contribution in [3.8, 4) is 0 Å². The van der Waals surface area contributed by atoms with Gasteiger partial charge in [-0.15, -0.1) is 0 Å². The van der Waals surface area contributed by atoms with Gasteiger partial charge in [0.2, 0.25) is 10.0 Å². The minimum Gasteiger partial charge on any atom is -0.360 e. The number of rotatable bonds is 3. The van der Waals surface area contributed by atoms with E-state index in [2.05, 4.69) is 15.4 Å². The van der Waals surface area contributed by atoms with Crippen LogP contribution in [0.15, 0.2) is 15.5 Å². The second-order valence-corrected chi connectivity index (χ2v) is 7.66. The molecule has 1 fully saturated rings. The van der Waals surface area contributed by atoms with Gasteiger partial charge in [0, 0.05) is 31.9 Å². The number of piperazine rings is 1. The average Bonchev–Trinajstić information content (AvgIpc) is 3.12. The van der Waals surface area contributed by atoms with Gasteiger partial charge in [0.15, 0.2) is 5.76 Å². The molecule has 3 heterocycles. The first-order chi connectivity index (χ1) is 11.3. The van der Waals surface area contributed by atoms with Crippen LogP contribution in [0.1, 0.15) is 27.6 Å². The topological polar surface area (TPSA) is 112 Å². The zero-order valence-electron chi connectivity index (χ0n) is 13.7. The van der Waals surface area contributed by atoms with E-state index in [1.165, 1.54) is 4.31 Å². The lowest BCUT2D eigenvalue weighted by Gasteiger charge is -2.33. The van der Waals surface area contributed by atoms with Gasteiger partial charge in [-0.3, -0.25) is 9.89 Å². The molecule has 0 bridgehead atoms. The Morgan fingerprint density at radius 1 is 1.21 bits per heavy atom. The third-order valence-electron chi connectivity index (χ3n) is 4.02. The summed E-state index contributed by atoms with van der Waals surface area (Å²) in [6.45, 7) is 6.07. The Labute approximate surface area is 139 Å². The molecular formula is C14H19N5O4S. The van der Waals surface area contributed by atoms with Gasteiger partial charge in [-0.05, 0) is 26.8 Å². The third kappa shape index (κ3) is 2.82. The number of carbonyl (C=O) groups excluding carboxylic acids is 1. The van der Waals surface area contributed by atoms with Gasteiger partial charge >= 0.3 is 0 Å². The van der Waals surface area contributed by atoms with Crippen LogP contribution < -0.4 is 0 Å². The molecule has 0 radical (unpaired) electrons. The Morgan fingerprint density at radius 2 is 1.88 bits per heavy atom. The summed E-state index contributed by atoms with van der Waals surface area (Å²) in [4.78, 5) is 14.1. The molecule has 130 valence electrons. The van der Waals surface area contributed by atoms with Gasteiger partial charge in [-0.1, -0.05) is 5.16 Å². The first-order valence-electron chi connectivity index (χ1n) is 7.55. The Kier molecular flexibility index (Phi) is 4.18. The molecule has 9 nitrogen and oxygen atoms in total. The lowest BCUT2D eigenvalue weighted by Crippen LogP contribution is -2.50. The van der Waals surface area contributed by atoms with E-state index in [1.807, 2.05) is 6.92 Å². The number of nitrogens with one attached hydrogen (secondary N) is 1. The van der Waals surface area contributed by atoms with Crippen LogP contribution >= 0.6 is 0 Å². The summed E-state index contributed by atoms with van der Waals surface area (Å²) in [5.74, 6) is 0.0757. The Bertz CT molecular complexity index is 842. The number of aryl methyl sites for hydroxylation is 3. The van der Waals surface area contributed by atoms with Crippen LogP contribution in [0.25, 0.3) is 0 Å². The molecule has 0 saturated carbocycles. The predicted octanol–water partition coefficient (Wildman–Crippen LogP) is 0.470. The number of carbonyl (C=O) groups is 1. The van der Waals surface area contributed by atoms with Gasteiger partial charge in [-0.25, -0.2) is 8.42 Å². The maximum absolute atomic E-state index is 12.7. The van der Waals surface area contributed by atoms with Crippen LogP contribution in [0.4, 0.5) is 0 Å². The van der Waals surface area contributed by atoms with Crippen molar-refractivity contribution < 1.29 is 17.7 Å². The van der Waals surface area contributed by atoms with Gasteiger partial charge in [0.25, 0.3) is 5.91 Å². The molecule has 0 atom stereocenters. The highest BCUT2D eigenvalue weighted by Crippen LogP contribution is 2.24. The molecule has 3 rings (SSSR count). The van der Waals surface area contributed by atoms with Crippen LogP contribution in [0.2, 0.25) is 0 Å². The predicted molar refractivity (Wildman–Crippen MR) is 84.0 cm³/mol. The number of H-pyrrole nitrogens is 1. The zero-order chi connectivity index (χ0) is 17.5. The van der Waals surface area contributed by atoms with Gasteiger partial charge in [-0.2, -0.15) is 9.40 Å². The van der Waals surface area contributed by atoms with Crippen LogP contribution in [0, 0.1) is 20.8 Å². The smallest absolute Gasteiger partial charge is 0.274 e. The second-order valence-electron chi connectivity index (χ2n) is 5.79. The number of nitrogens with zero attached hydrogens (tertiary/aromatic N) is 4. The molecule has 1 aliphatic rings. The van der Waals surface area contributed by atoms with E-state index in [9.17, 15) is 13.2 Å². The summed E-state index contributed by atoms with van der Waals surface area (Å²) in [6, 6.07) is 1.68. The maximum atomic E-state index is 12.7. The lowest BCUT2D eigenvalue weighted by atomic mass is 10.3. The highest BCUT2D eigenvalue weighted by molar-refractivity contribution is 7.89. The van der Waals surface area contributed by atoms with Crippen molar-refractivity contribution in [1.82, 2.24) is 24.6 Å². The van der Waals surface area contributed by atoms with Crippen molar-refractivity contribution in [3.63, 3.8) is 0 Å². The van der Waals surface area contributed by atoms with E-state index in [0.717, 1.165) is 5.69 Å². The Morgan fingerprint density at radius 3 is 2.38 bits per heavy atom. The van der Waals surface area contributed by atoms with Crippen molar-refractivity contribution >= 4 is 15.9 Å². The summed E-state index contributed by atoms with van der Waals surface area (Å²) in [5, 5.41) is 10.4. The molecule has 0 spiro atoms. The molecule has 0 aliphatic carbocycles. The number of sulfonamides is 1. The van der Waals surface area contributed by atoms with Crippen molar-refractivity contribution in [2.75, 3.05) is 26.2 Å². The maximum Gasteiger partial charge on any atom is 0.274 e. The fourth-order valence-corrected chi connectivity index (χ4v) is 4.51. The number of aromatic nitrogens is 3. The summed E-state index contributed by atoms with van der Waals surface area (Å²) >= 11 is 0. The summed E-state index contributed by atoms with van der Waals surface area (Å²) in [7, 11) is -3.67. The fourth-order valence-electron chi connectivity index (χ4n) is 2.79. The SMILES string of the molecule is Cc1cc(C(=O)N2CCN(S(=O)(=O)c3c(C)noc3C)CC2)n[nH]1. The molecular weight excluding hydrogens is 334 g/mol. The normalized spacial score (nSPS) is 16.5. The number of hydrogen-bond acceptors (Lipinski definition) is 6. The lowest BCUT2D eigenvalue weighted by molar-refractivity contribution is 0.0692. The molecule has 2 aromatic rings. The van der Waals surface area contributed by atoms with Gasteiger partial charge in [0.1, 0.15) is 16.3 Å². The van der Waals surface area contributed by atoms with Gasteiger partial charge < -0.3 is 9.42 Å². The van der Waals surface area contributed by atoms with Crippen LogP contribution in [-0.2, 0) is 10.0 Å². The molecule has 2 aromatic heterocycles. The molecule has 1 amide bonds. The highest BCUT2D eigenvalue weighted by Gasteiger charge is 2.34. The number of aromatic amines is 1. The second kappa shape index (κ2) is 6.02. The van der Waals surface area contributed by atoms with Gasteiger partial charge in [0.05, 0.1) is 0 Å². The largest absolute Gasteiger partial charge is 0.360 e. The minimum absolute atomic E-state index is 0.116. The first kappa shape index (κ1) is 16.7. The van der Waals surface area contributed by atoms with E-state index >= 15 is 0 Å². The Hall–Kier alpha value is -2.20. The number of amides is 1. The standard InChI is InChI=1S/C14H19N5O4S/c1-9-8-12(16-15-9)14(20)18-4-6-19(7-5-18)24(21,22)13-10(2)17-23-11(13)3/h8H,4-7H2,1-3H3,(H,15,16). The van der Waals surface area contributed by atoms with Crippen molar-refractivity contribution in [2.45, 2.75) is 25.7 Å². The molecule has 0 aromatic carbocycles. The average molecular weight is 353 g/mol. The van der Waals surface area contributed by atoms with E-state index in [1.54, 1.807) is 24.8 Å². The van der Waals surface area contributed by atoms with Crippen molar-refractivity contribution in [2.24, 2.45) is 0 Å². The summed E-state index contributed by atoms with van der Waals surface area (Å²) < 4.78 is 31.8. The quantitative estimate of drug-likeness (QED) is 0.858. The first-order valence-corrected chi connectivity index (χ1v) is 8.99. The van der Waals surface area contributed by atoms with E-state index < -0.39 is 10.0 Å². The monoisotopic (exact) mass is 353 g/mol. The van der Waals surface area contributed by atoms with Crippen LogP contribution in [0.3, 0.4) is 0 Å². The van der Waals surface area contributed by atoms with Crippen molar-refractivity contribution in [1.29, 1.82) is 0 Å². The molecule has 0 unspecified atom stereocenters. The van der Waals surface area contributed by atoms with E-state index in [-0.39, 0.29) is 29.7 Å². The molecule has 1 saturated heterocycles. The Balaban J connectivity index is 1.72. The minimum atomic E-state index is -3.67. The summed E-state index contributed by atoms with van der Waals surface area (Å²) in [6.07, 6.45) is 0. The van der Waals surface area contributed by atoms with E-state index in [0.29, 0.717) is 24.5 Å². The van der Waals surface area contributed by atoms with Crippen LogP contribution in [0.5, 0.6) is 0 Å². The van der Waals surface area contributed by atoms with E-state index in [4.69, 9.17) is 4.52 Å². The van der Waals surface area contributed by atoms with Crippen molar-refractivity contribution in [3.05, 3.63) is 28.9 Å². The zero-order valence-corrected chi connectivity index (χ0v) is 14.6. The third-order valence-corrected chi connectivity index (χ3v) is 6.16.